The normalized spacial score (nSPS) is 15.7. The van der Waals surface area contributed by atoms with Gasteiger partial charge in [0.15, 0.2) is 0 Å². The third-order valence-electron chi connectivity index (χ3n) is 4.84. The summed E-state index contributed by atoms with van der Waals surface area (Å²) in [6.07, 6.45) is 5.00. The second kappa shape index (κ2) is 8.17. The molecule has 3 rings (SSSR count). The predicted molar refractivity (Wildman–Crippen MR) is 106 cm³/mol. The maximum atomic E-state index is 12.5. The molecule has 1 N–H and O–H groups in total. The highest BCUT2D eigenvalue weighted by atomic mass is 16.2. The van der Waals surface area contributed by atoms with Gasteiger partial charge in [-0.1, -0.05) is 42.5 Å². The average Bonchev–Trinajstić information content (AvgIpc) is 2.65. The van der Waals surface area contributed by atoms with Gasteiger partial charge in [-0.15, -0.1) is 0 Å². The number of hydrogen-bond donors (Lipinski definition) is 1. The van der Waals surface area contributed by atoms with Crippen LogP contribution in [-0.2, 0) is 9.59 Å². The molecule has 4 nitrogen and oxygen atoms in total. The highest BCUT2D eigenvalue weighted by Gasteiger charge is 2.26. The van der Waals surface area contributed by atoms with E-state index in [4.69, 9.17) is 0 Å². The summed E-state index contributed by atoms with van der Waals surface area (Å²) in [5.74, 6) is 0.141. The van der Waals surface area contributed by atoms with E-state index in [0.717, 1.165) is 23.8 Å². The molecule has 0 aliphatic carbocycles. The van der Waals surface area contributed by atoms with Crippen molar-refractivity contribution in [3.63, 3.8) is 0 Å². The molecule has 1 fully saturated rings. The van der Waals surface area contributed by atoms with Gasteiger partial charge < -0.3 is 10.2 Å². The Morgan fingerprint density at radius 2 is 1.77 bits per heavy atom. The molecular weight excluding hydrogens is 324 g/mol. The number of likely N-dealkylation sites (tertiary alicyclic amines) is 1. The third kappa shape index (κ3) is 4.31. The van der Waals surface area contributed by atoms with Crippen molar-refractivity contribution < 1.29 is 9.59 Å². The minimum Gasteiger partial charge on any atom is -0.354 e. The summed E-state index contributed by atoms with van der Waals surface area (Å²) in [5, 5.41) is 5.27. The van der Waals surface area contributed by atoms with Crippen LogP contribution in [0.25, 0.3) is 16.8 Å². The van der Waals surface area contributed by atoms with E-state index >= 15 is 0 Å². The van der Waals surface area contributed by atoms with E-state index in [1.807, 2.05) is 49.1 Å². The zero-order valence-electron chi connectivity index (χ0n) is 15.4. The van der Waals surface area contributed by atoms with Gasteiger partial charge in [0, 0.05) is 31.1 Å². The first-order valence-electron chi connectivity index (χ1n) is 9.29. The van der Waals surface area contributed by atoms with Crippen LogP contribution in [0.5, 0.6) is 0 Å². The zero-order valence-corrected chi connectivity index (χ0v) is 15.4. The lowest BCUT2D eigenvalue weighted by Crippen LogP contribution is -2.43. The van der Waals surface area contributed by atoms with Gasteiger partial charge in [0.1, 0.15) is 0 Å². The largest absolute Gasteiger partial charge is 0.354 e. The van der Waals surface area contributed by atoms with Crippen molar-refractivity contribution >= 4 is 28.7 Å². The highest BCUT2D eigenvalue weighted by molar-refractivity contribution is 5.96. The Bertz CT molecular complexity index is 813. The fraction of sp³-hybridized carbons (Fsp3) is 0.364. The van der Waals surface area contributed by atoms with Crippen LogP contribution in [0.3, 0.4) is 0 Å². The van der Waals surface area contributed by atoms with Crippen molar-refractivity contribution in [1.29, 1.82) is 0 Å². The first-order valence-corrected chi connectivity index (χ1v) is 9.29. The van der Waals surface area contributed by atoms with Crippen molar-refractivity contribution in [2.45, 2.75) is 32.7 Å². The Kier molecular flexibility index (Phi) is 5.71. The quantitative estimate of drug-likeness (QED) is 0.856. The number of fused-ring (bicyclic) bond motifs is 1. The molecular formula is C22H26N2O2. The number of nitrogens with zero attached hydrogens (tertiary/aromatic N) is 1. The van der Waals surface area contributed by atoms with Crippen molar-refractivity contribution in [3.05, 3.63) is 54.1 Å². The van der Waals surface area contributed by atoms with Crippen LogP contribution >= 0.6 is 0 Å². The van der Waals surface area contributed by atoms with Gasteiger partial charge in [0.2, 0.25) is 11.8 Å². The SMILES string of the molecule is CC(C)NC(=O)C1CCN(C(=O)/C=C/c2cccc3ccccc23)CC1. The molecule has 0 bridgehead atoms. The molecule has 0 unspecified atom stereocenters. The number of piperidine rings is 1. The van der Waals surface area contributed by atoms with E-state index in [9.17, 15) is 9.59 Å². The molecule has 1 aliphatic rings. The Balaban J connectivity index is 1.61. The van der Waals surface area contributed by atoms with E-state index in [2.05, 4.69) is 23.5 Å². The topological polar surface area (TPSA) is 49.4 Å². The maximum absolute atomic E-state index is 12.5. The first kappa shape index (κ1) is 18.2. The van der Waals surface area contributed by atoms with Gasteiger partial charge in [-0.05, 0) is 49.1 Å². The molecule has 4 heteroatoms. The smallest absolute Gasteiger partial charge is 0.246 e. The lowest BCUT2D eigenvalue weighted by Gasteiger charge is -2.31. The number of carbonyl (C=O) groups is 2. The van der Waals surface area contributed by atoms with Crippen LogP contribution in [0, 0.1) is 5.92 Å². The highest BCUT2D eigenvalue weighted by Crippen LogP contribution is 2.21. The Morgan fingerprint density at radius 3 is 2.50 bits per heavy atom. The molecule has 26 heavy (non-hydrogen) atoms. The van der Waals surface area contributed by atoms with Crippen LogP contribution < -0.4 is 5.32 Å². The molecule has 0 saturated carbocycles. The second-order valence-corrected chi connectivity index (χ2v) is 7.16. The summed E-state index contributed by atoms with van der Waals surface area (Å²) >= 11 is 0. The summed E-state index contributed by atoms with van der Waals surface area (Å²) in [6.45, 7) is 5.20. The molecule has 0 atom stereocenters. The second-order valence-electron chi connectivity index (χ2n) is 7.16. The van der Waals surface area contributed by atoms with Crippen molar-refractivity contribution in [2.75, 3.05) is 13.1 Å². The molecule has 1 saturated heterocycles. The number of amides is 2. The summed E-state index contributed by atoms with van der Waals surface area (Å²) in [4.78, 5) is 26.4. The number of nitrogens with one attached hydrogen (secondary N) is 1. The van der Waals surface area contributed by atoms with Crippen LogP contribution in [0.4, 0.5) is 0 Å². The van der Waals surface area contributed by atoms with Crippen molar-refractivity contribution in [2.24, 2.45) is 5.92 Å². The van der Waals surface area contributed by atoms with Crippen LogP contribution in [0.2, 0.25) is 0 Å². The van der Waals surface area contributed by atoms with E-state index in [0.29, 0.717) is 13.1 Å². The number of rotatable bonds is 4. The van der Waals surface area contributed by atoms with Gasteiger partial charge in [0.05, 0.1) is 0 Å². The average molecular weight is 350 g/mol. The molecule has 1 heterocycles. The monoisotopic (exact) mass is 350 g/mol. The molecule has 136 valence electrons. The predicted octanol–water partition coefficient (Wildman–Crippen LogP) is 3.62. The number of hydrogen-bond acceptors (Lipinski definition) is 2. The van der Waals surface area contributed by atoms with Crippen LogP contribution in [-0.4, -0.2) is 35.8 Å². The summed E-state index contributed by atoms with van der Waals surface area (Å²) < 4.78 is 0. The minimum absolute atomic E-state index is 0.0145. The lowest BCUT2D eigenvalue weighted by atomic mass is 9.95. The Hall–Kier alpha value is -2.62. The molecule has 0 radical (unpaired) electrons. The molecule has 2 aromatic carbocycles. The van der Waals surface area contributed by atoms with Crippen LogP contribution in [0.1, 0.15) is 32.3 Å². The fourth-order valence-electron chi connectivity index (χ4n) is 3.43. The molecule has 2 amide bonds. The van der Waals surface area contributed by atoms with Crippen molar-refractivity contribution in [1.82, 2.24) is 10.2 Å². The first-order chi connectivity index (χ1) is 12.5. The number of benzene rings is 2. The fourth-order valence-corrected chi connectivity index (χ4v) is 3.43. The van der Waals surface area contributed by atoms with E-state index in [1.54, 1.807) is 6.08 Å². The number of carbonyl (C=O) groups excluding carboxylic acids is 2. The summed E-state index contributed by atoms with van der Waals surface area (Å²) in [6, 6.07) is 14.4. The van der Waals surface area contributed by atoms with Crippen LogP contribution in [0.15, 0.2) is 48.5 Å². The molecule has 1 aliphatic heterocycles. The molecule has 0 spiro atoms. The van der Waals surface area contributed by atoms with Gasteiger partial charge in [-0.3, -0.25) is 9.59 Å². The third-order valence-corrected chi connectivity index (χ3v) is 4.84. The van der Waals surface area contributed by atoms with E-state index in [1.165, 1.54) is 5.39 Å². The van der Waals surface area contributed by atoms with E-state index < -0.39 is 0 Å². The van der Waals surface area contributed by atoms with Gasteiger partial charge in [-0.25, -0.2) is 0 Å². The summed E-state index contributed by atoms with van der Waals surface area (Å²) in [7, 11) is 0. The zero-order chi connectivity index (χ0) is 18.5. The van der Waals surface area contributed by atoms with Gasteiger partial charge in [0.25, 0.3) is 0 Å². The van der Waals surface area contributed by atoms with Crippen molar-refractivity contribution in [3.8, 4) is 0 Å². The minimum atomic E-state index is 0.0145. The lowest BCUT2D eigenvalue weighted by molar-refractivity contribution is -0.132. The van der Waals surface area contributed by atoms with Gasteiger partial charge in [-0.2, -0.15) is 0 Å². The molecule has 2 aromatic rings. The summed E-state index contributed by atoms with van der Waals surface area (Å²) in [5.41, 5.74) is 1.04. The van der Waals surface area contributed by atoms with E-state index in [-0.39, 0.29) is 23.8 Å². The maximum Gasteiger partial charge on any atom is 0.246 e. The van der Waals surface area contributed by atoms with Gasteiger partial charge >= 0.3 is 0 Å². The molecule has 0 aromatic heterocycles. The Labute approximate surface area is 154 Å². The Morgan fingerprint density at radius 1 is 1.08 bits per heavy atom. The standard InChI is InChI=1S/C22H26N2O2/c1-16(2)23-22(26)19-12-14-24(15-13-19)21(25)11-10-18-8-5-7-17-6-3-4-9-20(17)18/h3-11,16,19H,12-15H2,1-2H3,(H,23,26)/b11-10+.